The lowest BCUT2D eigenvalue weighted by Gasteiger charge is -2.15. The normalized spacial score (nSPS) is 14.9. The first kappa shape index (κ1) is 20.6. The smallest absolute Gasteiger partial charge is 0.337 e. The lowest BCUT2D eigenvalue weighted by molar-refractivity contribution is -0.126. The number of aromatic carboxylic acids is 1. The number of ether oxygens (including phenoxy) is 1. The Morgan fingerprint density at radius 2 is 2.00 bits per heavy atom. The van der Waals surface area contributed by atoms with Crippen molar-refractivity contribution in [2.24, 2.45) is 0 Å². The number of carbonyl (C=O) groups is 3. The summed E-state index contributed by atoms with van der Waals surface area (Å²) in [6.07, 6.45) is 1.68. The van der Waals surface area contributed by atoms with Crippen LogP contribution >= 0.6 is 24.0 Å². The van der Waals surface area contributed by atoms with Crippen LogP contribution in [0.1, 0.15) is 15.9 Å². The van der Waals surface area contributed by atoms with Crippen LogP contribution in [0.2, 0.25) is 0 Å². The van der Waals surface area contributed by atoms with Crippen LogP contribution in [0.5, 0.6) is 5.75 Å². The molecule has 0 radical (unpaired) electrons. The Morgan fingerprint density at radius 1 is 1.24 bits per heavy atom. The Hall–Kier alpha value is -3.17. The fraction of sp³-hybridized carbons (Fsp3) is 0.100. The van der Waals surface area contributed by atoms with Gasteiger partial charge in [-0.15, -0.1) is 0 Å². The Kier molecular flexibility index (Phi) is 6.30. The molecule has 1 aliphatic heterocycles. The molecule has 3 rings (SSSR count). The minimum absolute atomic E-state index is 0.0378. The second-order valence-corrected chi connectivity index (χ2v) is 7.62. The van der Waals surface area contributed by atoms with E-state index in [0.29, 0.717) is 10.7 Å². The summed E-state index contributed by atoms with van der Waals surface area (Å²) in [5.41, 5.74) is 0.885. The summed E-state index contributed by atoms with van der Waals surface area (Å²) in [5, 5.41) is 11.7. The maximum Gasteiger partial charge on any atom is 0.337 e. The standard InChI is InChI=1S/C20H16N2O5S2/c1-27-13-6-4-5-12(9-13)10-16-18(24)22(20(28)29-16)11-17(23)21-15-8-3-2-7-14(15)19(25)26/h2-10H,11H2,1H3,(H,21,23)(H,25,26)/b16-10-. The summed E-state index contributed by atoms with van der Waals surface area (Å²) < 4.78 is 5.43. The molecule has 1 aliphatic rings. The quantitative estimate of drug-likeness (QED) is 0.539. The van der Waals surface area contributed by atoms with E-state index in [2.05, 4.69) is 5.32 Å². The van der Waals surface area contributed by atoms with Crippen LogP contribution in [0.3, 0.4) is 0 Å². The number of thiocarbonyl (C=S) groups is 1. The summed E-state index contributed by atoms with van der Waals surface area (Å²) >= 11 is 6.34. The molecule has 0 bridgehead atoms. The molecule has 1 fully saturated rings. The van der Waals surface area contributed by atoms with Gasteiger partial charge in [-0.25, -0.2) is 4.79 Å². The number of methoxy groups -OCH3 is 1. The molecule has 2 N–H and O–H groups in total. The number of thioether (sulfide) groups is 1. The summed E-state index contributed by atoms with van der Waals surface area (Å²) in [6, 6.07) is 13.2. The second kappa shape index (κ2) is 8.89. The molecule has 2 amide bonds. The van der Waals surface area contributed by atoms with Gasteiger partial charge < -0.3 is 15.2 Å². The zero-order chi connectivity index (χ0) is 21.0. The first-order valence-electron chi connectivity index (χ1n) is 8.40. The Labute approximate surface area is 176 Å². The third kappa shape index (κ3) is 4.82. The van der Waals surface area contributed by atoms with Crippen LogP contribution in [0.25, 0.3) is 6.08 Å². The SMILES string of the molecule is COc1cccc(/C=C2\SC(=S)N(CC(=O)Nc3ccccc3C(=O)O)C2=O)c1. The monoisotopic (exact) mass is 428 g/mol. The Bertz CT molecular complexity index is 1040. The summed E-state index contributed by atoms with van der Waals surface area (Å²) in [5.74, 6) is -1.43. The molecular formula is C20H16N2O5S2. The first-order valence-corrected chi connectivity index (χ1v) is 9.63. The van der Waals surface area contributed by atoms with E-state index in [0.717, 1.165) is 17.3 Å². The number of hydrogen-bond donors (Lipinski definition) is 2. The fourth-order valence-electron chi connectivity index (χ4n) is 2.63. The van der Waals surface area contributed by atoms with Gasteiger partial charge in [0.2, 0.25) is 5.91 Å². The summed E-state index contributed by atoms with van der Waals surface area (Å²) in [7, 11) is 1.56. The van der Waals surface area contributed by atoms with Crippen LogP contribution in [0.15, 0.2) is 53.4 Å². The van der Waals surface area contributed by atoms with Gasteiger partial charge in [-0.05, 0) is 35.9 Å². The minimum atomic E-state index is -1.16. The van der Waals surface area contributed by atoms with Gasteiger partial charge in [0.1, 0.15) is 16.6 Å². The molecule has 0 aliphatic carbocycles. The first-order chi connectivity index (χ1) is 13.9. The van der Waals surface area contributed by atoms with E-state index in [1.54, 1.807) is 43.5 Å². The average molecular weight is 428 g/mol. The van der Waals surface area contributed by atoms with Gasteiger partial charge in [-0.1, -0.05) is 48.2 Å². The van der Waals surface area contributed by atoms with Gasteiger partial charge in [0.05, 0.1) is 23.3 Å². The van der Waals surface area contributed by atoms with Crippen molar-refractivity contribution < 1.29 is 24.2 Å². The highest BCUT2D eigenvalue weighted by atomic mass is 32.2. The fourth-order valence-corrected chi connectivity index (χ4v) is 3.89. The van der Waals surface area contributed by atoms with Crippen molar-refractivity contribution in [1.82, 2.24) is 4.90 Å². The third-order valence-electron chi connectivity index (χ3n) is 4.00. The molecule has 148 valence electrons. The number of benzene rings is 2. The maximum absolute atomic E-state index is 12.7. The number of carbonyl (C=O) groups excluding carboxylic acids is 2. The number of rotatable bonds is 6. The molecule has 29 heavy (non-hydrogen) atoms. The lowest BCUT2D eigenvalue weighted by Crippen LogP contribution is -2.36. The number of carboxylic acid groups (broad SMARTS) is 1. The van der Waals surface area contributed by atoms with Crippen LogP contribution < -0.4 is 10.1 Å². The number of amides is 2. The molecule has 2 aromatic rings. The summed E-state index contributed by atoms with van der Waals surface area (Å²) in [4.78, 5) is 37.9. The van der Waals surface area contributed by atoms with E-state index < -0.39 is 11.9 Å². The zero-order valence-corrected chi connectivity index (χ0v) is 16.9. The molecule has 1 saturated heterocycles. The van der Waals surface area contributed by atoms with Crippen molar-refractivity contribution in [1.29, 1.82) is 0 Å². The molecule has 0 spiro atoms. The van der Waals surface area contributed by atoms with Crippen molar-refractivity contribution >= 4 is 57.8 Å². The molecule has 0 atom stereocenters. The van der Waals surface area contributed by atoms with Crippen molar-refractivity contribution in [3.8, 4) is 5.75 Å². The second-order valence-electron chi connectivity index (χ2n) is 5.94. The van der Waals surface area contributed by atoms with Gasteiger partial charge in [-0.2, -0.15) is 0 Å². The van der Waals surface area contributed by atoms with Gasteiger partial charge in [0, 0.05) is 0 Å². The topological polar surface area (TPSA) is 95.9 Å². The van der Waals surface area contributed by atoms with E-state index in [-0.39, 0.29) is 28.0 Å². The molecule has 7 nitrogen and oxygen atoms in total. The van der Waals surface area contributed by atoms with E-state index in [1.165, 1.54) is 17.0 Å². The molecule has 0 unspecified atom stereocenters. The number of nitrogens with one attached hydrogen (secondary N) is 1. The maximum atomic E-state index is 12.7. The van der Waals surface area contributed by atoms with Crippen LogP contribution in [-0.2, 0) is 9.59 Å². The van der Waals surface area contributed by atoms with Crippen LogP contribution in [0, 0.1) is 0 Å². The molecule has 2 aromatic carbocycles. The minimum Gasteiger partial charge on any atom is -0.497 e. The van der Waals surface area contributed by atoms with Crippen LogP contribution in [0.4, 0.5) is 5.69 Å². The molecule has 1 heterocycles. The number of para-hydroxylation sites is 1. The largest absolute Gasteiger partial charge is 0.497 e. The summed E-state index contributed by atoms with van der Waals surface area (Å²) in [6.45, 7) is -0.311. The van der Waals surface area contributed by atoms with E-state index in [4.69, 9.17) is 17.0 Å². The van der Waals surface area contributed by atoms with E-state index in [9.17, 15) is 19.5 Å². The van der Waals surface area contributed by atoms with Gasteiger partial charge in [0.15, 0.2) is 0 Å². The van der Waals surface area contributed by atoms with Crippen molar-refractivity contribution in [3.05, 3.63) is 64.6 Å². The van der Waals surface area contributed by atoms with Crippen molar-refractivity contribution in [2.75, 3.05) is 19.0 Å². The zero-order valence-electron chi connectivity index (χ0n) is 15.2. The highest BCUT2D eigenvalue weighted by Gasteiger charge is 2.33. The van der Waals surface area contributed by atoms with Crippen molar-refractivity contribution in [2.45, 2.75) is 0 Å². The molecule has 9 heteroatoms. The predicted molar refractivity (Wildman–Crippen MR) is 115 cm³/mol. The number of anilines is 1. The number of hydrogen-bond acceptors (Lipinski definition) is 6. The molecule has 0 aromatic heterocycles. The van der Waals surface area contributed by atoms with E-state index >= 15 is 0 Å². The highest BCUT2D eigenvalue weighted by Crippen LogP contribution is 2.33. The van der Waals surface area contributed by atoms with Crippen molar-refractivity contribution in [3.63, 3.8) is 0 Å². The third-order valence-corrected chi connectivity index (χ3v) is 5.38. The molecular weight excluding hydrogens is 412 g/mol. The van der Waals surface area contributed by atoms with Gasteiger partial charge in [0.25, 0.3) is 5.91 Å². The van der Waals surface area contributed by atoms with Gasteiger partial charge >= 0.3 is 5.97 Å². The molecule has 0 saturated carbocycles. The number of carboxylic acids is 1. The Balaban J connectivity index is 1.72. The highest BCUT2D eigenvalue weighted by molar-refractivity contribution is 8.26. The van der Waals surface area contributed by atoms with E-state index in [1.807, 2.05) is 6.07 Å². The predicted octanol–water partition coefficient (Wildman–Crippen LogP) is 3.23. The van der Waals surface area contributed by atoms with Crippen LogP contribution in [-0.4, -0.2) is 45.8 Å². The lowest BCUT2D eigenvalue weighted by atomic mass is 10.2. The van der Waals surface area contributed by atoms with Gasteiger partial charge in [-0.3, -0.25) is 14.5 Å². The number of nitrogens with zero attached hydrogens (tertiary/aromatic N) is 1. The average Bonchev–Trinajstić information content (AvgIpc) is 2.95. The Morgan fingerprint density at radius 3 is 2.72 bits per heavy atom.